The molecular formula is C27H30O5. The van der Waals surface area contributed by atoms with E-state index >= 15 is 0 Å². The number of carbonyl (C=O) groups is 1. The number of carbonyl (C=O) groups excluding carboxylic acids is 1. The van der Waals surface area contributed by atoms with Gasteiger partial charge in [-0.05, 0) is 67.2 Å². The molecule has 0 atom stereocenters. The van der Waals surface area contributed by atoms with Crippen LogP contribution in [0.2, 0.25) is 0 Å². The van der Waals surface area contributed by atoms with Crippen LogP contribution in [-0.2, 0) is 14.9 Å². The van der Waals surface area contributed by atoms with E-state index < -0.39 is 5.41 Å². The van der Waals surface area contributed by atoms with Crippen molar-refractivity contribution in [3.8, 4) is 11.5 Å². The Balaban J connectivity index is 2.12. The van der Waals surface area contributed by atoms with Gasteiger partial charge in [-0.15, -0.1) is 0 Å². The fraction of sp³-hybridized carbons (Fsp3) is 0.407. The molecule has 0 saturated carbocycles. The first-order chi connectivity index (χ1) is 15.2. The maximum atomic E-state index is 13.5. The Morgan fingerprint density at radius 2 is 1.72 bits per heavy atom. The zero-order valence-electron chi connectivity index (χ0n) is 19.6. The molecule has 5 nitrogen and oxygen atoms in total. The minimum atomic E-state index is -0.828. The molecule has 168 valence electrons. The summed E-state index contributed by atoms with van der Waals surface area (Å²) in [6.07, 6.45) is 4.60. The van der Waals surface area contributed by atoms with Gasteiger partial charge in [0, 0.05) is 21.9 Å². The summed E-state index contributed by atoms with van der Waals surface area (Å²) in [5.41, 5.74) is 3.23. The molecule has 1 aliphatic heterocycles. The van der Waals surface area contributed by atoms with Gasteiger partial charge in [0.2, 0.25) is 0 Å². The molecule has 0 spiro atoms. The number of ether oxygens (including phenoxy) is 3. The SMILES string of the molecule is COc1c(C(C)C)cc2c(=O)cc3c(cc2c1OC)C=C(C1=CCOCC1)C(=O)C3(C)C. The molecule has 0 N–H and O–H groups in total. The number of methoxy groups -OCH3 is 2. The van der Waals surface area contributed by atoms with E-state index in [2.05, 4.69) is 13.8 Å². The van der Waals surface area contributed by atoms with E-state index in [1.165, 1.54) is 0 Å². The van der Waals surface area contributed by atoms with Gasteiger partial charge in [0.1, 0.15) is 0 Å². The van der Waals surface area contributed by atoms with Crippen LogP contribution in [0.3, 0.4) is 0 Å². The summed E-state index contributed by atoms with van der Waals surface area (Å²) in [6, 6.07) is 5.48. The zero-order chi connectivity index (χ0) is 23.2. The van der Waals surface area contributed by atoms with Gasteiger partial charge in [-0.2, -0.15) is 0 Å². The highest BCUT2D eigenvalue weighted by atomic mass is 16.5. The zero-order valence-corrected chi connectivity index (χ0v) is 19.6. The topological polar surface area (TPSA) is 61.8 Å². The van der Waals surface area contributed by atoms with Crippen LogP contribution in [0.4, 0.5) is 0 Å². The predicted octanol–water partition coefficient (Wildman–Crippen LogP) is 4.93. The van der Waals surface area contributed by atoms with Gasteiger partial charge in [0.05, 0.1) is 32.8 Å². The summed E-state index contributed by atoms with van der Waals surface area (Å²) >= 11 is 0. The van der Waals surface area contributed by atoms with Gasteiger partial charge in [-0.1, -0.05) is 19.9 Å². The predicted molar refractivity (Wildman–Crippen MR) is 127 cm³/mol. The largest absolute Gasteiger partial charge is 0.493 e. The van der Waals surface area contributed by atoms with Gasteiger partial charge in [0.15, 0.2) is 22.7 Å². The van der Waals surface area contributed by atoms with Crippen LogP contribution in [0.1, 0.15) is 56.7 Å². The summed E-state index contributed by atoms with van der Waals surface area (Å²) in [4.78, 5) is 26.9. The van der Waals surface area contributed by atoms with Crippen LogP contribution in [0.15, 0.2) is 40.2 Å². The smallest absolute Gasteiger partial charge is 0.186 e. The van der Waals surface area contributed by atoms with Crippen molar-refractivity contribution in [3.05, 3.63) is 62.3 Å². The van der Waals surface area contributed by atoms with Gasteiger partial charge in [-0.3, -0.25) is 9.59 Å². The van der Waals surface area contributed by atoms with Crippen molar-refractivity contribution in [2.45, 2.75) is 45.4 Å². The minimum Gasteiger partial charge on any atom is -0.493 e. The first-order valence-electron chi connectivity index (χ1n) is 11.0. The number of benzene rings is 1. The summed E-state index contributed by atoms with van der Waals surface area (Å²) in [6.45, 7) is 9.00. The average molecular weight is 435 g/mol. The first-order valence-corrected chi connectivity index (χ1v) is 11.0. The van der Waals surface area contributed by atoms with Crippen LogP contribution < -0.4 is 14.9 Å². The number of hydrogen-bond donors (Lipinski definition) is 0. The van der Waals surface area contributed by atoms with Gasteiger partial charge < -0.3 is 14.2 Å². The number of ketones is 1. The van der Waals surface area contributed by atoms with Crippen molar-refractivity contribution >= 4 is 22.6 Å². The number of allylic oxidation sites excluding steroid dienone is 1. The maximum absolute atomic E-state index is 13.5. The van der Waals surface area contributed by atoms with E-state index in [4.69, 9.17) is 14.2 Å². The summed E-state index contributed by atoms with van der Waals surface area (Å²) < 4.78 is 16.9. The highest BCUT2D eigenvalue weighted by Crippen LogP contribution is 2.44. The lowest BCUT2D eigenvalue weighted by molar-refractivity contribution is -0.119. The third kappa shape index (κ3) is 3.45. The quantitative estimate of drug-likeness (QED) is 0.683. The second-order valence-corrected chi connectivity index (χ2v) is 9.24. The van der Waals surface area contributed by atoms with Crippen LogP contribution in [-0.4, -0.2) is 33.2 Å². The molecule has 0 radical (unpaired) electrons. The van der Waals surface area contributed by atoms with E-state index in [9.17, 15) is 9.59 Å². The van der Waals surface area contributed by atoms with Crippen molar-refractivity contribution in [2.24, 2.45) is 0 Å². The monoisotopic (exact) mass is 434 g/mol. The van der Waals surface area contributed by atoms with Crippen molar-refractivity contribution in [1.29, 1.82) is 0 Å². The van der Waals surface area contributed by atoms with Crippen molar-refractivity contribution in [2.75, 3.05) is 27.4 Å². The second kappa shape index (κ2) is 8.21. The number of Topliss-reactive ketones (excluding diaryl/α,β-unsaturated/α-hetero) is 1. The molecule has 2 aliphatic rings. The van der Waals surface area contributed by atoms with E-state index in [1.807, 2.05) is 38.1 Å². The third-order valence-corrected chi connectivity index (χ3v) is 6.58. The standard InChI is InChI=1S/C27H30O5/c1-15(2)18-13-20-21(25(31-6)24(18)30-5)12-17-11-19(16-7-9-32-10-8-16)26(29)27(3,4)22(17)14-23(20)28/h7,11-15H,8-10H2,1-6H3. The van der Waals surface area contributed by atoms with E-state index in [1.54, 1.807) is 20.3 Å². The Bertz CT molecular complexity index is 1230. The Morgan fingerprint density at radius 3 is 2.31 bits per heavy atom. The molecule has 32 heavy (non-hydrogen) atoms. The van der Waals surface area contributed by atoms with E-state index in [0.717, 1.165) is 22.3 Å². The molecule has 0 aromatic heterocycles. The Kier molecular flexibility index (Phi) is 5.72. The number of rotatable bonds is 4. The fourth-order valence-corrected chi connectivity index (χ4v) is 4.74. The Hall–Kier alpha value is -2.92. The summed E-state index contributed by atoms with van der Waals surface area (Å²) in [5.74, 6) is 1.35. The normalized spacial score (nSPS) is 17.7. The number of fused-ring (bicyclic) bond motifs is 2. The average Bonchev–Trinajstić information content (AvgIpc) is 2.92. The molecule has 1 aliphatic carbocycles. The van der Waals surface area contributed by atoms with E-state index in [-0.39, 0.29) is 17.1 Å². The minimum absolute atomic E-state index is 0.0280. The van der Waals surface area contributed by atoms with Gasteiger partial charge in [0.25, 0.3) is 0 Å². The lowest BCUT2D eigenvalue weighted by Gasteiger charge is -2.31. The van der Waals surface area contributed by atoms with Crippen LogP contribution >= 0.6 is 0 Å². The van der Waals surface area contributed by atoms with Crippen molar-refractivity contribution in [1.82, 2.24) is 0 Å². The number of hydrogen-bond acceptors (Lipinski definition) is 5. The highest BCUT2D eigenvalue weighted by molar-refractivity contribution is 6.13. The lowest BCUT2D eigenvalue weighted by atomic mass is 9.70. The molecule has 0 fully saturated rings. The summed E-state index contributed by atoms with van der Waals surface area (Å²) in [5, 5.41) is 1.24. The first kappa shape index (κ1) is 22.3. The molecule has 0 bridgehead atoms. The molecule has 1 heterocycles. The van der Waals surface area contributed by atoms with Crippen LogP contribution in [0.25, 0.3) is 16.8 Å². The van der Waals surface area contributed by atoms with Gasteiger partial charge >= 0.3 is 0 Å². The molecule has 0 unspecified atom stereocenters. The summed E-state index contributed by atoms with van der Waals surface area (Å²) in [7, 11) is 3.20. The molecule has 5 heteroatoms. The molecule has 2 aromatic rings. The second-order valence-electron chi connectivity index (χ2n) is 9.24. The van der Waals surface area contributed by atoms with Crippen molar-refractivity contribution in [3.63, 3.8) is 0 Å². The molecule has 2 aromatic carbocycles. The molecule has 0 saturated heterocycles. The fourth-order valence-electron chi connectivity index (χ4n) is 4.74. The molecular weight excluding hydrogens is 404 g/mol. The molecule has 0 amide bonds. The third-order valence-electron chi connectivity index (χ3n) is 6.58. The highest BCUT2D eigenvalue weighted by Gasteiger charge is 2.38. The van der Waals surface area contributed by atoms with Gasteiger partial charge in [-0.25, -0.2) is 0 Å². The Morgan fingerprint density at radius 1 is 1.00 bits per heavy atom. The maximum Gasteiger partial charge on any atom is 0.186 e. The van der Waals surface area contributed by atoms with E-state index in [0.29, 0.717) is 47.5 Å². The molecule has 4 rings (SSSR count). The lowest BCUT2D eigenvalue weighted by Crippen LogP contribution is -2.35. The Labute approximate surface area is 188 Å². The van der Waals surface area contributed by atoms with Crippen LogP contribution in [0.5, 0.6) is 11.5 Å². The van der Waals surface area contributed by atoms with Crippen molar-refractivity contribution < 1.29 is 19.0 Å². The van der Waals surface area contributed by atoms with Crippen LogP contribution in [0, 0.1) is 0 Å².